The Kier molecular flexibility index (Phi) is 4.16. The van der Waals surface area contributed by atoms with Gasteiger partial charge in [0.1, 0.15) is 0 Å². The van der Waals surface area contributed by atoms with E-state index < -0.39 is 19.4 Å². The molecule has 0 saturated heterocycles. The maximum Gasteiger partial charge on any atom is 0.555 e. The van der Waals surface area contributed by atoms with Crippen LogP contribution < -0.4 is 0 Å². The van der Waals surface area contributed by atoms with Gasteiger partial charge in [0.2, 0.25) is 0 Å². The van der Waals surface area contributed by atoms with Gasteiger partial charge in [0.25, 0.3) is 5.85 Å². The Bertz CT molecular complexity index is 145. The van der Waals surface area contributed by atoms with Gasteiger partial charge in [-0.3, -0.25) is 0 Å². The minimum Gasteiger partial charge on any atom is -0.443 e. The van der Waals surface area contributed by atoms with Crippen molar-refractivity contribution in [1.82, 2.24) is 0 Å². The summed E-state index contributed by atoms with van der Waals surface area (Å²) in [5, 5.41) is 8.22. The van der Waals surface area contributed by atoms with E-state index in [2.05, 4.69) is 0 Å². The highest BCUT2D eigenvalue weighted by Gasteiger charge is 2.35. The van der Waals surface area contributed by atoms with Gasteiger partial charge in [-0.2, -0.15) is 4.79 Å². The van der Waals surface area contributed by atoms with Gasteiger partial charge in [-0.25, -0.2) is 0 Å². The molecule has 0 aliphatic heterocycles. The summed E-state index contributed by atoms with van der Waals surface area (Å²) in [7, 11) is -2.26. The molecule has 10 heavy (non-hydrogen) atoms. The van der Waals surface area contributed by atoms with Gasteiger partial charge in [-0.05, 0) is 6.92 Å². The second kappa shape index (κ2) is 4.36. The van der Waals surface area contributed by atoms with Crippen LogP contribution in [-0.2, 0) is 9.30 Å². The quantitative estimate of drug-likeness (QED) is 0.646. The van der Waals surface area contributed by atoms with Crippen molar-refractivity contribution >= 4 is 13.5 Å². The Morgan fingerprint density at radius 3 is 2.60 bits per heavy atom. The van der Waals surface area contributed by atoms with E-state index >= 15 is 0 Å². The second-order valence-electron chi connectivity index (χ2n) is 1.66. The first kappa shape index (κ1) is 9.53. The lowest BCUT2D eigenvalue weighted by molar-refractivity contribution is 0.129. The van der Waals surface area contributed by atoms with E-state index in [1.54, 1.807) is 6.92 Å². The van der Waals surface area contributed by atoms with E-state index in [-0.39, 0.29) is 0 Å². The van der Waals surface area contributed by atoms with Crippen LogP contribution in [0, 0.1) is 0 Å². The minimum atomic E-state index is -2.26. The van der Waals surface area contributed by atoms with Crippen LogP contribution in [0.4, 0.5) is 4.79 Å². The molecular formula is C5H10O4P+. The van der Waals surface area contributed by atoms with E-state index in [0.29, 0.717) is 6.61 Å². The topological polar surface area (TPSA) is 63.6 Å². The van der Waals surface area contributed by atoms with Gasteiger partial charge < -0.3 is 9.84 Å². The molecule has 0 radical (unpaired) electrons. The second-order valence-corrected chi connectivity index (χ2v) is 3.42. The van der Waals surface area contributed by atoms with Crippen molar-refractivity contribution in [3.05, 3.63) is 0 Å². The molecule has 0 saturated carbocycles. The van der Waals surface area contributed by atoms with E-state index in [1.165, 1.54) is 6.92 Å². The summed E-state index contributed by atoms with van der Waals surface area (Å²) < 4.78 is 15.5. The normalized spacial score (nSPS) is 14.4. The molecule has 5 heteroatoms. The predicted octanol–water partition coefficient (Wildman–Crippen LogP) is 1.87. The monoisotopic (exact) mass is 165 g/mol. The molecule has 0 amide bonds. The highest BCUT2D eigenvalue weighted by atomic mass is 31.1. The van der Waals surface area contributed by atoms with Gasteiger partial charge in [0, 0.05) is 13.5 Å². The van der Waals surface area contributed by atoms with Crippen LogP contribution in [0.25, 0.3) is 0 Å². The molecule has 1 N–H and O–H groups in total. The molecule has 0 aromatic rings. The van der Waals surface area contributed by atoms with E-state index in [1.807, 2.05) is 0 Å². The summed E-state index contributed by atoms with van der Waals surface area (Å²) in [6, 6.07) is 0. The van der Waals surface area contributed by atoms with Crippen LogP contribution in [-0.4, -0.2) is 23.3 Å². The average molecular weight is 165 g/mol. The number of hydrogen-bond donors (Lipinski definition) is 1. The molecule has 0 aromatic heterocycles. The van der Waals surface area contributed by atoms with Crippen molar-refractivity contribution < 1.29 is 19.2 Å². The largest absolute Gasteiger partial charge is 0.555 e. The van der Waals surface area contributed by atoms with Crippen LogP contribution in [0.3, 0.4) is 0 Å². The van der Waals surface area contributed by atoms with Gasteiger partial charge in [0.15, 0.2) is 0 Å². The highest BCUT2D eigenvalue weighted by molar-refractivity contribution is 7.63. The van der Waals surface area contributed by atoms with E-state index in [0.717, 1.165) is 0 Å². The first-order valence-electron chi connectivity index (χ1n) is 2.90. The minimum absolute atomic E-state index is 0.384. The van der Waals surface area contributed by atoms with Gasteiger partial charge in [-0.1, -0.05) is 4.57 Å². The van der Waals surface area contributed by atoms with Gasteiger partial charge in [0.05, 0.1) is 0 Å². The zero-order chi connectivity index (χ0) is 8.15. The van der Waals surface area contributed by atoms with Crippen molar-refractivity contribution in [3.63, 3.8) is 0 Å². The zero-order valence-corrected chi connectivity index (χ0v) is 6.80. The highest BCUT2D eigenvalue weighted by Crippen LogP contribution is 2.28. The maximum atomic E-state index is 10.7. The molecule has 0 bridgehead atoms. The summed E-state index contributed by atoms with van der Waals surface area (Å²) in [5.74, 6) is -0.683. The summed E-state index contributed by atoms with van der Waals surface area (Å²) in [6.45, 7) is 3.59. The maximum absolute atomic E-state index is 10.7. The summed E-state index contributed by atoms with van der Waals surface area (Å²) in [5.41, 5.74) is -1.30. The molecule has 2 unspecified atom stereocenters. The first-order valence-corrected chi connectivity index (χ1v) is 4.23. The summed E-state index contributed by atoms with van der Waals surface area (Å²) >= 11 is 0. The molecule has 0 aromatic carbocycles. The van der Waals surface area contributed by atoms with Crippen LogP contribution in [0.2, 0.25) is 0 Å². The van der Waals surface area contributed by atoms with Gasteiger partial charge >= 0.3 is 13.5 Å². The Morgan fingerprint density at radius 1 is 1.80 bits per heavy atom. The average Bonchev–Trinajstić information content (AvgIpc) is 1.87. The number of carbonyl (C=O) groups is 1. The Morgan fingerprint density at radius 2 is 2.30 bits per heavy atom. The lowest BCUT2D eigenvalue weighted by atomic mass is 10.8. The van der Waals surface area contributed by atoms with E-state index in [9.17, 15) is 9.36 Å². The molecule has 0 aliphatic rings. The molecule has 4 nitrogen and oxygen atoms in total. The van der Waals surface area contributed by atoms with Crippen molar-refractivity contribution in [3.8, 4) is 0 Å². The third-order valence-corrected chi connectivity index (χ3v) is 2.11. The third kappa shape index (κ3) is 2.90. The fraction of sp³-hybridized carbons (Fsp3) is 0.800. The lowest BCUT2D eigenvalue weighted by Crippen LogP contribution is -2.05. The molecule has 0 spiro atoms. The fourth-order valence-corrected chi connectivity index (χ4v) is 1.06. The van der Waals surface area contributed by atoms with Crippen molar-refractivity contribution in [1.29, 1.82) is 0 Å². The number of ether oxygens (including phenoxy) is 1. The summed E-state index contributed by atoms with van der Waals surface area (Å²) in [4.78, 5) is 10.1. The van der Waals surface area contributed by atoms with Crippen molar-refractivity contribution in [2.45, 2.75) is 19.7 Å². The SMILES string of the molecule is CCOC(C)[P+](=O)C(=O)O. The Hall–Kier alpha value is -0.470. The third-order valence-electron chi connectivity index (χ3n) is 0.927. The number of rotatable bonds is 4. The summed E-state index contributed by atoms with van der Waals surface area (Å²) in [6.07, 6.45) is 0. The van der Waals surface area contributed by atoms with Crippen LogP contribution in [0.5, 0.6) is 0 Å². The molecule has 0 fully saturated rings. The first-order chi connectivity index (χ1) is 4.59. The molecular weight excluding hydrogens is 155 g/mol. The smallest absolute Gasteiger partial charge is 0.443 e. The van der Waals surface area contributed by atoms with Crippen molar-refractivity contribution in [2.24, 2.45) is 0 Å². The molecule has 0 heterocycles. The standard InChI is InChI=1S/C5H9O4P/c1-3-9-4(2)10(8)5(6)7/h4H,3H2,1-2H3/p+1. The zero-order valence-electron chi connectivity index (χ0n) is 5.90. The fourth-order valence-electron chi connectivity index (χ4n) is 0.464. The Labute approximate surface area is 60.0 Å². The van der Waals surface area contributed by atoms with Crippen LogP contribution in [0.15, 0.2) is 0 Å². The molecule has 58 valence electrons. The van der Waals surface area contributed by atoms with E-state index in [4.69, 9.17) is 9.84 Å². The molecule has 2 atom stereocenters. The number of carboxylic acid groups (broad SMARTS) is 1. The lowest BCUT2D eigenvalue weighted by Gasteiger charge is -1.95. The van der Waals surface area contributed by atoms with Crippen LogP contribution >= 0.6 is 7.80 Å². The van der Waals surface area contributed by atoms with Gasteiger partial charge in [-0.15, -0.1) is 0 Å². The molecule has 0 rings (SSSR count). The number of hydrogen-bond acceptors (Lipinski definition) is 3. The molecule has 0 aliphatic carbocycles. The van der Waals surface area contributed by atoms with Crippen molar-refractivity contribution in [2.75, 3.05) is 6.61 Å². The predicted molar refractivity (Wildman–Crippen MR) is 36.7 cm³/mol. The Balaban J connectivity index is 3.82. The van der Waals surface area contributed by atoms with Crippen LogP contribution in [0.1, 0.15) is 13.8 Å².